The minimum absolute atomic E-state index is 0.0868. The van der Waals surface area contributed by atoms with Gasteiger partial charge in [0.25, 0.3) is 5.69 Å². The molecule has 0 radical (unpaired) electrons. The van der Waals surface area contributed by atoms with Gasteiger partial charge in [0.05, 0.1) is 4.92 Å². The average Bonchev–Trinajstić information content (AvgIpc) is 2.77. The number of aliphatic imine (C=N–C) groups is 1. The molecule has 0 aliphatic carbocycles. The molecule has 1 aliphatic rings. The molecule has 1 aromatic carbocycles. The lowest BCUT2D eigenvalue weighted by molar-refractivity contribution is -0.384. The number of thioether (sulfide) groups is 1. The van der Waals surface area contributed by atoms with Crippen LogP contribution < -0.4 is 10.9 Å². The van der Waals surface area contributed by atoms with Crippen molar-refractivity contribution in [2.24, 2.45) is 4.99 Å². The molecule has 16 heavy (non-hydrogen) atoms. The van der Waals surface area contributed by atoms with E-state index in [-0.39, 0.29) is 11.9 Å². The van der Waals surface area contributed by atoms with E-state index in [4.69, 9.17) is 0 Å². The summed E-state index contributed by atoms with van der Waals surface area (Å²) in [6.07, 6.45) is 1.74. The van der Waals surface area contributed by atoms with E-state index in [0.717, 1.165) is 10.7 Å². The molecule has 0 aromatic heterocycles. The van der Waals surface area contributed by atoms with Gasteiger partial charge in [-0.1, -0.05) is 11.8 Å². The predicted molar refractivity (Wildman–Crippen MR) is 63.1 cm³/mol. The third-order valence-electron chi connectivity index (χ3n) is 2.18. The van der Waals surface area contributed by atoms with E-state index < -0.39 is 4.92 Å². The molecule has 1 atom stereocenters. The van der Waals surface area contributed by atoms with Crippen molar-refractivity contribution >= 4 is 22.6 Å². The van der Waals surface area contributed by atoms with Crippen LogP contribution in [0.15, 0.2) is 29.3 Å². The Morgan fingerprint density at radius 1 is 1.44 bits per heavy atom. The Kier molecular flexibility index (Phi) is 3.07. The quantitative estimate of drug-likeness (QED) is 0.601. The molecule has 0 saturated heterocycles. The number of hydrogen-bond donors (Lipinski definition) is 2. The zero-order valence-electron chi connectivity index (χ0n) is 8.51. The van der Waals surface area contributed by atoms with Crippen LogP contribution in [-0.4, -0.2) is 16.3 Å². The Balaban J connectivity index is 2.17. The van der Waals surface area contributed by atoms with Crippen LogP contribution in [0.4, 0.5) is 5.69 Å². The van der Waals surface area contributed by atoms with E-state index in [2.05, 4.69) is 15.8 Å². The maximum atomic E-state index is 10.5. The predicted octanol–water partition coefficient (Wildman–Crippen LogP) is 1.42. The molecule has 6 nitrogen and oxygen atoms in total. The smallest absolute Gasteiger partial charge is 0.269 e. The summed E-state index contributed by atoms with van der Waals surface area (Å²) < 4.78 is 0. The first-order chi connectivity index (χ1) is 7.70. The second-order valence-electron chi connectivity index (χ2n) is 3.16. The van der Waals surface area contributed by atoms with Crippen molar-refractivity contribution in [3.8, 4) is 0 Å². The lowest BCUT2D eigenvalue weighted by atomic mass is 10.1. The zero-order chi connectivity index (χ0) is 11.5. The highest BCUT2D eigenvalue weighted by Gasteiger charge is 2.17. The number of hydrogen-bond acceptors (Lipinski definition) is 6. The Morgan fingerprint density at radius 2 is 2.12 bits per heavy atom. The Morgan fingerprint density at radius 3 is 2.62 bits per heavy atom. The number of non-ortho nitro benzene ring substituents is 1. The maximum absolute atomic E-state index is 10.5. The zero-order valence-corrected chi connectivity index (χ0v) is 9.32. The highest BCUT2D eigenvalue weighted by Crippen LogP contribution is 2.21. The van der Waals surface area contributed by atoms with Gasteiger partial charge in [-0.25, -0.2) is 10.4 Å². The number of hydrazine groups is 1. The van der Waals surface area contributed by atoms with Crippen LogP contribution in [0.5, 0.6) is 0 Å². The van der Waals surface area contributed by atoms with Gasteiger partial charge >= 0.3 is 0 Å². The van der Waals surface area contributed by atoms with E-state index in [9.17, 15) is 10.1 Å². The van der Waals surface area contributed by atoms with Crippen molar-refractivity contribution in [3.63, 3.8) is 0 Å². The van der Waals surface area contributed by atoms with Crippen LogP contribution in [0, 0.1) is 10.1 Å². The van der Waals surface area contributed by atoms with Crippen LogP contribution in [0.2, 0.25) is 0 Å². The molecule has 1 aromatic rings. The summed E-state index contributed by atoms with van der Waals surface area (Å²) in [4.78, 5) is 14.4. The van der Waals surface area contributed by atoms with Crippen LogP contribution in [0.25, 0.3) is 0 Å². The maximum Gasteiger partial charge on any atom is 0.269 e. The van der Waals surface area contributed by atoms with Crippen LogP contribution in [0.1, 0.15) is 11.7 Å². The van der Waals surface area contributed by atoms with Crippen molar-refractivity contribution in [1.82, 2.24) is 10.9 Å². The summed E-state index contributed by atoms with van der Waals surface area (Å²) in [5, 5.41) is 11.3. The average molecular weight is 238 g/mol. The lowest BCUT2D eigenvalue weighted by Crippen LogP contribution is -2.29. The molecular formula is C9H10N4O2S. The summed E-state index contributed by atoms with van der Waals surface area (Å²) in [6, 6.07) is 6.35. The molecule has 1 heterocycles. The van der Waals surface area contributed by atoms with Crippen molar-refractivity contribution in [2.75, 3.05) is 6.26 Å². The van der Waals surface area contributed by atoms with Crippen molar-refractivity contribution in [1.29, 1.82) is 0 Å². The lowest BCUT2D eigenvalue weighted by Gasteiger charge is -2.06. The fourth-order valence-corrected chi connectivity index (χ4v) is 1.72. The Hall–Kier alpha value is -1.60. The van der Waals surface area contributed by atoms with Gasteiger partial charge in [0.2, 0.25) is 0 Å². The molecule has 0 fully saturated rings. The highest BCUT2D eigenvalue weighted by molar-refractivity contribution is 8.13. The third kappa shape index (κ3) is 2.15. The van der Waals surface area contributed by atoms with Crippen molar-refractivity contribution < 1.29 is 4.92 Å². The normalized spacial score (nSPS) is 19.1. The number of benzene rings is 1. The van der Waals surface area contributed by atoms with Crippen LogP contribution in [-0.2, 0) is 0 Å². The largest absolute Gasteiger partial charge is 0.298 e. The molecule has 2 N–H and O–H groups in total. The SMILES string of the molecule is CSC1=NC(c2ccc([N+](=O)[O-])cc2)NN1. The van der Waals surface area contributed by atoms with E-state index in [1.165, 1.54) is 23.9 Å². The molecular weight excluding hydrogens is 228 g/mol. The van der Waals surface area contributed by atoms with Gasteiger partial charge in [0, 0.05) is 12.1 Å². The van der Waals surface area contributed by atoms with Crippen molar-refractivity contribution in [3.05, 3.63) is 39.9 Å². The standard InChI is InChI=1S/C9H10N4O2S/c1-16-9-10-8(11-12-9)6-2-4-7(5-3-6)13(14)15/h2-5,8,11H,1H3,(H,10,12). The topological polar surface area (TPSA) is 79.6 Å². The second kappa shape index (κ2) is 4.50. The number of amidine groups is 1. The number of nitrogens with one attached hydrogen (secondary N) is 2. The summed E-state index contributed by atoms with van der Waals surface area (Å²) in [6.45, 7) is 0. The van der Waals surface area contributed by atoms with Gasteiger partial charge in [-0.05, 0) is 24.0 Å². The van der Waals surface area contributed by atoms with Gasteiger partial charge in [-0.2, -0.15) is 0 Å². The molecule has 0 spiro atoms. The van der Waals surface area contributed by atoms with E-state index in [0.29, 0.717) is 0 Å². The fourth-order valence-electron chi connectivity index (χ4n) is 1.35. The summed E-state index contributed by atoms with van der Waals surface area (Å²) in [5.41, 5.74) is 6.88. The van der Waals surface area contributed by atoms with E-state index in [1.807, 2.05) is 6.26 Å². The third-order valence-corrected chi connectivity index (χ3v) is 2.77. The Labute approximate surface area is 96.3 Å². The summed E-state index contributed by atoms with van der Waals surface area (Å²) in [5.74, 6) is 0. The highest BCUT2D eigenvalue weighted by atomic mass is 32.2. The summed E-state index contributed by atoms with van der Waals surface area (Å²) >= 11 is 1.51. The van der Waals surface area contributed by atoms with Crippen molar-refractivity contribution in [2.45, 2.75) is 6.17 Å². The monoisotopic (exact) mass is 238 g/mol. The van der Waals surface area contributed by atoms with Gasteiger partial charge in [0.15, 0.2) is 5.17 Å². The van der Waals surface area contributed by atoms with Gasteiger partial charge < -0.3 is 0 Å². The number of nitro groups is 1. The first-order valence-electron chi connectivity index (χ1n) is 4.58. The van der Waals surface area contributed by atoms with Gasteiger partial charge in [-0.3, -0.25) is 15.5 Å². The van der Waals surface area contributed by atoms with Crippen LogP contribution >= 0.6 is 11.8 Å². The number of nitro benzene ring substituents is 1. The Bertz CT molecular complexity index is 432. The molecule has 0 bridgehead atoms. The second-order valence-corrected chi connectivity index (χ2v) is 3.95. The summed E-state index contributed by atoms with van der Waals surface area (Å²) in [7, 11) is 0. The molecule has 2 rings (SSSR count). The number of nitrogens with zero attached hydrogens (tertiary/aromatic N) is 2. The molecule has 7 heteroatoms. The fraction of sp³-hybridized carbons (Fsp3) is 0.222. The number of rotatable bonds is 2. The minimum Gasteiger partial charge on any atom is -0.298 e. The van der Waals surface area contributed by atoms with Crippen LogP contribution in [0.3, 0.4) is 0 Å². The van der Waals surface area contributed by atoms with Gasteiger partial charge in [-0.15, -0.1) is 0 Å². The van der Waals surface area contributed by atoms with E-state index in [1.54, 1.807) is 12.1 Å². The molecule has 1 aliphatic heterocycles. The molecule has 1 unspecified atom stereocenters. The van der Waals surface area contributed by atoms with Gasteiger partial charge in [0.1, 0.15) is 6.17 Å². The molecule has 0 saturated carbocycles. The first kappa shape index (κ1) is 10.9. The molecule has 0 amide bonds. The first-order valence-corrected chi connectivity index (χ1v) is 5.81. The molecule has 84 valence electrons. The van der Waals surface area contributed by atoms with E-state index >= 15 is 0 Å². The minimum atomic E-state index is -0.416.